The number of hydrogen-bond acceptors (Lipinski definition) is 4. The molecule has 0 heterocycles. The first-order valence-electron chi connectivity index (χ1n) is 8.63. The number of nitro benzene ring substituents is 1. The van der Waals surface area contributed by atoms with E-state index >= 15 is 0 Å². The molecule has 1 amide bonds. The highest BCUT2D eigenvalue weighted by Gasteiger charge is 2.54. The molecule has 5 rings (SSSR count). The van der Waals surface area contributed by atoms with Crippen molar-refractivity contribution < 1.29 is 14.5 Å². The smallest absolute Gasteiger partial charge is 0.296 e. The summed E-state index contributed by atoms with van der Waals surface area (Å²) in [6.07, 6.45) is 6.60. The van der Waals surface area contributed by atoms with Gasteiger partial charge in [0.25, 0.3) is 5.69 Å². The van der Waals surface area contributed by atoms with Crippen molar-refractivity contribution in [2.45, 2.75) is 38.5 Å². The zero-order valence-corrected chi connectivity index (χ0v) is 13.8. The van der Waals surface area contributed by atoms with Gasteiger partial charge in [-0.05, 0) is 68.4 Å². The number of rotatable bonds is 4. The maximum Gasteiger partial charge on any atom is 0.296 e. The summed E-state index contributed by atoms with van der Waals surface area (Å²) in [6, 6.07) is 4.56. The van der Waals surface area contributed by atoms with Gasteiger partial charge in [0.15, 0.2) is 0 Å². The molecule has 0 atom stereocenters. The summed E-state index contributed by atoms with van der Waals surface area (Å²) in [6.45, 7) is 0. The SMILES string of the molecule is COc1ccc(NC(=O)C23CC4CC(CC(C4)C2)C3)c([N+](=O)[O-])c1. The summed E-state index contributed by atoms with van der Waals surface area (Å²) in [5, 5.41) is 14.2. The van der Waals surface area contributed by atoms with Gasteiger partial charge in [-0.15, -0.1) is 0 Å². The van der Waals surface area contributed by atoms with E-state index in [-0.39, 0.29) is 22.7 Å². The Bertz CT molecular complexity index is 665. The molecule has 0 saturated heterocycles. The largest absolute Gasteiger partial charge is 0.496 e. The molecule has 0 aliphatic heterocycles. The Morgan fingerprint density at radius 1 is 1.21 bits per heavy atom. The molecule has 0 aromatic heterocycles. The van der Waals surface area contributed by atoms with Crippen LogP contribution in [0.2, 0.25) is 0 Å². The maximum atomic E-state index is 13.0. The second-order valence-corrected chi connectivity index (χ2v) is 7.79. The summed E-state index contributed by atoms with van der Waals surface area (Å²) in [5.74, 6) is 2.36. The number of nitrogens with zero attached hydrogens (tertiary/aromatic N) is 1. The topological polar surface area (TPSA) is 81.5 Å². The summed E-state index contributed by atoms with van der Waals surface area (Å²) < 4.78 is 5.05. The Balaban J connectivity index is 1.60. The Labute approximate surface area is 140 Å². The van der Waals surface area contributed by atoms with Crippen molar-refractivity contribution in [2.24, 2.45) is 23.2 Å². The van der Waals surface area contributed by atoms with Gasteiger partial charge in [0.1, 0.15) is 11.4 Å². The van der Waals surface area contributed by atoms with Gasteiger partial charge in [0.2, 0.25) is 5.91 Å². The van der Waals surface area contributed by atoms with Crippen molar-refractivity contribution in [3.8, 4) is 5.75 Å². The summed E-state index contributed by atoms with van der Waals surface area (Å²) in [4.78, 5) is 23.9. The first kappa shape index (κ1) is 15.4. The van der Waals surface area contributed by atoms with Crippen LogP contribution in [0.5, 0.6) is 5.75 Å². The van der Waals surface area contributed by atoms with Crippen molar-refractivity contribution >= 4 is 17.3 Å². The van der Waals surface area contributed by atoms with Gasteiger partial charge in [-0.2, -0.15) is 0 Å². The molecule has 4 fully saturated rings. The monoisotopic (exact) mass is 330 g/mol. The molecule has 1 aromatic rings. The third-order valence-electron chi connectivity index (χ3n) is 6.17. The molecular weight excluding hydrogens is 308 g/mol. The molecule has 4 aliphatic carbocycles. The lowest BCUT2D eigenvalue weighted by Gasteiger charge is -2.55. The number of benzene rings is 1. The van der Waals surface area contributed by atoms with E-state index in [1.807, 2.05) is 0 Å². The molecule has 4 aliphatic rings. The van der Waals surface area contributed by atoms with Crippen LogP contribution >= 0.6 is 0 Å². The zero-order valence-electron chi connectivity index (χ0n) is 13.8. The average molecular weight is 330 g/mol. The Kier molecular flexibility index (Phi) is 3.51. The molecule has 6 nitrogen and oxygen atoms in total. The molecule has 1 N–H and O–H groups in total. The van der Waals surface area contributed by atoms with Gasteiger partial charge in [0.05, 0.1) is 23.5 Å². The number of ether oxygens (including phenoxy) is 1. The van der Waals surface area contributed by atoms with Crippen LogP contribution in [0.15, 0.2) is 18.2 Å². The predicted molar refractivity (Wildman–Crippen MR) is 88.9 cm³/mol. The van der Waals surface area contributed by atoms with Crippen molar-refractivity contribution in [3.63, 3.8) is 0 Å². The van der Waals surface area contributed by atoms with Crippen molar-refractivity contribution in [1.82, 2.24) is 0 Å². The number of nitrogens with one attached hydrogen (secondary N) is 1. The Hall–Kier alpha value is -2.11. The Morgan fingerprint density at radius 3 is 2.29 bits per heavy atom. The fraction of sp³-hybridized carbons (Fsp3) is 0.611. The highest BCUT2D eigenvalue weighted by Crippen LogP contribution is 2.60. The van der Waals surface area contributed by atoms with E-state index in [1.165, 1.54) is 32.4 Å². The lowest BCUT2D eigenvalue weighted by atomic mass is 9.49. The van der Waals surface area contributed by atoms with E-state index in [9.17, 15) is 14.9 Å². The molecule has 4 bridgehead atoms. The number of carbonyl (C=O) groups excluding carboxylic acids is 1. The van der Waals surface area contributed by atoms with Crippen molar-refractivity contribution in [2.75, 3.05) is 12.4 Å². The lowest BCUT2D eigenvalue weighted by Crippen LogP contribution is -2.51. The minimum absolute atomic E-state index is 0.0325. The van der Waals surface area contributed by atoms with Gasteiger partial charge < -0.3 is 10.1 Å². The highest BCUT2D eigenvalue weighted by molar-refractivity contribution is 5.97. The quantitative estimate of drug-likeness (QED) is 0.673. The highest BCUT2D eigenvalue weighted by atomic mass is 16.6. The van der Waals surface area contributed by atoms with E-state index in [0.717, 1.165) is 19.3 Å². The van der Waals surface area contributed by atoms with Crippen molar-refractivity contribution in [3.05, 3.63) is 28.3 Å². The number of amides is 1. The average Bonchev–Trinajstić information content (AvgIpc) is 2.53. The zero-order chi connectivity index (χ0) is 16.9. The standard InChI is InChI=1S/C18H22N2O4/c1-24-14-2-3-15(16(7-14)20(22)23)19-17(21)18-8-11-4-12(9-18)6-13(5-11)10-18/h2-3,7,11-13H,4-6,8-10H2,1H3,(H,19,21). The van der Waals surface area contributed by atoms with E-state index in [0.29, 0.717) is 23.5 Å². The van der Waals surface area contributed by atoms with Crippen LogP contribution in [-0.2, 0) is 4.79 Å². The summed E-state index contributed by atoms with van der Waals surface area (Å²) >= 11 is 0. The molecule has 4 saturated carbocycles. The van der Waals surface area contributed by atoms with E-state index in [1.54, 1.807) is 12.1 Å². The minimum atomic E-state index is -0.474. The van der Waals surface area contributed by atoms with Gasteiger partial charge in [-0.3, -0.25) is 14.9 Å². The molecule has 0 spiro atoms. The first-order valence-corrected chi connectivity index (χ1v) is 8.63. The molecular formula is C18H22N2O4. The predicted octanol–water partition coefficient (Wildman–Crippen LogP) is 3.76. The van der Waals surface area contributed by atoms with E-state index in [4.69, 9.17) is 4.74 Å². The number of nitro groups is 1. The third-order valence-corrected chi connectivity index (χ3v) is 6.17. The van der Waals surface area contributed by atoms with E-state index in [2.05, 4.69) is 5.32 Å². The Morgan fingerprint density at radius 2 is 1.79 bits per heavy atom. The lowest BCUT2D eigenvalue weighted by molar-refractivity contribution is -0.384. The molecule has 1 aromatic carbocycles. The van der Waals surface area contributed by atoms with Gasteiger partial charge in [-0.1, -0.05) is 0 Å². The van der Waals surface area contributed by atoms with E-state index < -0.39 is 4.92 Å². The normalized spacial score (nSPS) is 33.3. The summed E-state index contributed by atoms with van der Waals surface area (Å²) in [7, 11) is 1.47. The second-order valence-electron chi connectivity index (χ2n) is 7.79. The fourth-order valence-electron chi connectivity index (χ4n) is 5.54. The third kappa shape index (κ3) is 2.44. The number of methoxy groups -OCH3 is 1. The van der Waals surface area contributed by atoms with Crippen LogP contribution in [0.1, 0.15) is 38.5 Å². The number of hydrogen-bond donors (Lipinski definition) is 1. The number of carbonyl (C=O) groups is 1. The number of anilines is 1. The van der Waals surface area contributed by atoms with Gasteiger partial charge in [-0.25, -0.2) is 0 Å². The van der Waals surface area contributed by atoms with Crippen molar-refractivity contribution in [1.29, 1.82) is 0 Å². The molecule has 6 heteroatoms. The van der Waals surface area contributed by atoms with Crippen LogP contribution in [0.25, 0.3) is 0 Å². The maximum absolute atomic E-state index is 13.0. The fourth-order valence-corrected chi connectivity index (χ4v) is 5.54. The van der Waals surface area contributed by atoms with Crippen LogP contribution in [0.4, 0.5) is 11.4 Å². The molecule has 0 unspecified atom stereocenters. The summed E-state index contributed by atoms with van der Waals surface area (Å²) in [5.41, 5.74) is -0.170. The van der Waals surface area contributed by atoms with Crippen LogP contribution < -0.4 is 10.1 Å². The van der Waals surface area contributed by atoms with Crippen LogP contribution in [0, 0.1) is 33.3 Å². The van der Waals surface area contributed by atoms with Crippen LogP contribution in [0.3, 0.4) is 0 Å². The van der Waals surface area contributed by atoms with Gasteiger partial charge >= 0.3 is 0 Å². The van der Waals surface area contributed by atoms with Crippen LogP contribution in [-0.4, -0.2) is 17.9 Å². The first-order chi connectivity index (χ1) is 11.5. The van der Waals surface area contributed by atoms with Gasteiger partial charge in [0, 0.05) is 0 Å². The molecule has 128 valence electrons. The molecule has 0 radical (unpaired) electrons. The molecule has 24 heavy (non-hydrogen) atoms. The second kappa shape index (κ2) is 5.46. The minimum Gasteiger partial charge on any atom is -0.496 e.